The number of hydrogen-bond acceptors (Lipinski definition) is 8. The molecule has 0 spiro atoms. The van der Waals surface area contributed by atoms with Gasteiger partial charge in [0.2, 0.25) is 0 Å². The average Bonchev–Trinajstić information content (AvgIpc) is 2.97. The van der Waals surface area contributed by atoms with Crippen LogP contribution in [0.3, 0.4) is 0 Å². The summed E-state index contributed by atoms with van der Waals surface area (Å²) in [7, 11) is 0. The molecule has 8 nitrogen and oxygen atoms in total. The highest BCUT2D eigenvalue weighted by Crippen LogP contribution is 2.37. The van der Waals surface area contributed by atoms with E-state index in [2.05, 4.69) is 25.5 Å². The maximum absolute atomic E-state index is 11.6. The molecule has 4 N–H and O–H groups in total. The molecule has 1 fully saturated rings. The van der Waals surface area contributed by atoms with E-state index in [0.717, 1.165) is 0 Å². The van der Waals surface area contributed by atoms with Crippen LogP contribution in [-0.4, -0.2) is 56.5 Å². The lowest BCUT2D eigenvalue weighted by Gasteiger charge is -2.19. The van der Waals surface area contributed by atoms with Gasteiger partial charge in [0, 0.05) is 11.8 Å². The van der Waals surface area contributed by atoms with Crippen LogP contribution < -0.4 is 10.9 Å². The van der Waals surface area contributed by atoms with Gasteiger partial charge in [-0.3, -0.25) is 4.79 Å². The molecular weight excluding hydrogens is 282 g/mol. The first-order valence-corrected chi connectivity index (χ1v) is 7.62. The standard InChI is InChI=1S/C11H15N5O3S/c1-20-2-4-9(17)10(18)7(14-4)6-5-8(16-15-6)11(19)13-3-12-5/h3-4,6-7,9-10,14,17-18H,2H2,1H3,(H,12,13,19)/t4-,6?,7+,9-,10+/m1/s1. The van der Waals surface area contributed by atoms with Crippen molar-refractivity contribution in [2.45, 2.75) is 30.3 Å². The summed E-state index contributed by atoms with van der Waals surface area (Å²) >= 11 is 1.58. The molecule has 1 aromatic rings. The molecule has 3 heterocycles. The number of azo groups is 1. The largest absolute Gasteiger partial charge is 0.389 e. The predicted molar refractivity (Wildman–Crippen MR) is 73.2 cm³/mol. The van der Waals surface area contributed by atoms with Crippen molar-refractivity contribution < 1.29 is 10.2 Å². The molecule has 20 heavy (non-hydrogen) atoms. The highest BCUT2D eigenvalue weighted by atomic mass is 32.2. The third kappa shape index (κ3) is 2.06. The van der Waals surface area contributed by atoms with Crippen molar-refractivity contribution in [3.05, 3.63) is 22.4 Å². The van der Waals surface area contributed by atoms with E-state index in [9.17, 15) is 15.0 Å². The Kier molecular flexibility index (Phi) is 3.59. The lowest BCUT2D eigenvalue weighted by Crippen LogP contribution is -2.38. The molecule has 0 radical (unpaired) electrons. The van der Waals surface area contributed by atoms with Gasteiger partial charge in [-0.05, 0) is 6.26 Å². The highest BCUT2D eigenvalue weighted by Gasteiger charge is 2.47. The fraction of sp³-hybridized carbons (Fsp3) is 0.636. The van der Waals surface area contributed by atoms with Crippen molar-refractivity contribution >= 4 is 17.4 Å². The number of H-pyrrole nitrogens is 1. The van der Waals surface area contributed by atoms with Crippen LogP contribution in [0.15, 0.2) is 21.4 Å². The molecule has 3 rings (SSSR count). The number of fused-ring (bicyclic) bond motifs is 1. The van der Waals surface area contributed by atoms with E-state index < -0.39 is 24.3 Å². The summed E-state index contributed by atoms with van der Waals surface area (Å²) in [5.41, 5.74) is 0.256. The normalized spacial score (nSPS) is 35.5. The van der Waals surface area contributed by atoms with Crippen LogP contribution in [0, 0.1) is 0 Å². The first-order valence-electron chi connectivity index (χ1n) is 6.23. The first kappa shape index (κ1) is 13.7. The van der Waals surface area contributed by atoms with Crippen LogP contribution in [0.5, 0.6) is 0 Å². The Morgan fingerprint density at radius 3 is 2.95 bits per heavy atom. The zero-order chi connectivity index (χ0) is 14.3. The summed E-state index contributed by atoms with van der Waals surface area (Å²) in [6.07, 6.45) is 1.39. The summed E-state index contributed by atoms with van der Waals surface area (Å²) in [5, 5.41) is 31.2. The number of aromatic nitrogens is 2. The van der Waals surface area contributed by atoms with E-state index in [1.165, 1.54) is 6.33 Å². The maximum atomic E-state index is 11.6. The van der Waals surface area contributed by atoms with Gasteiger partial charge in [0.1, 0.15) is 11.7 Å². The fourth-order valence-electron chi connectivity index (χ4n) is 2.63. The van der Waals surface area contributed by atoms with Gasteiger partial charge in [-0.25, -0.2) is 4.98 Å². The third-order valence-corrected chi connectivity index (χ3v) is 4.33. The molecule has 0 bridgehead atoms. The third-order valence-electron chi connectivity index (χ3n) is 3.64. The van der Waals surface area contributed by atoms with Crippen LogP contribution in [0.2, 0.25) is 0 Å². The molecule has 108 valence electrons. The Balaban J connectivity index is 1.88. The number of aliphatic hydroxyl groups excluding tert-OH is 2. The molecule has 0 aromatic carbocycles. The smallest absolute Gasteiger partial charge is 0.278 e. The zero-order valence-corrected chi connectivity index (χ0v) is 11.5. The van der Waals surface area contributed by atoms with Crippen LogP contribution in [0.1, 0.15) is 11.7 Å². The first-order chi connectivity index (χ1) is 9.63. The van der Waals surface area contributed by atoms with Gasteiger partial charge in [-0.15, -0.1) is 5.11 Å². The molecule has 1 unspecified atom stereocenters. The van der Waals surface area contributed by atoms with Crippen molar-refractivity contribution in [1.82, 2.24) is 15.3 Å². The van der Waals surface area contributed by atoms with Crippen LogP contribution in [-0.2, 0) is 0 Å². The van der Waals surface area contributed by atoms with E-state index in [1.54, 1.807) is 11.8 Å². The lowest BCUT2D eigenvalue weighted by molar-refractivity contribution is 0.0272. The van der Waals surface area contributed by atoms with E-state index in [-0.39, 0.29) is 17.3 Å². The number of aromatic amines is 1. The van der Waals surface area contributed by atoms with Crippen molar-refractivity contribution in [2.24, 2.45) is 10.2 Å². The Morgan fingerprint density at radius 1 is 1.40 bits per heavy atom. The van der Waals surface area contributed by atoms with E-state index in [0.29, 0.717) is 11.4 Å². The second kappa shape index (κ2) is 5.24. The Morgan fingerprint density at radius 2 is 2.20 bits per heavy atom. The highest BCUT2D eigenvalue weighted by molar-refractivity contribution is 7.98. The van der Waals surface area contributed by atoms with Crippen molar-refractivity contribution in [1.29, 1.82) is 0 Å². The molecule has 0 amide bonds. The van der Waals surface area contributed by atoms with Gasteiger partial charge in [-0.2, -0.15) is 16.9 Å². The number of thioether (sulfide) groups is 1. The minimum Gasteiger partial charge on any atom is -0.389 e. The SMILES string of the molecule is CSC[C@H]1N[C@@H](C2N=Nc3c2nc[nH]c3=O)[C@H](O)[C@@H]1O. The van der Waals surface area contributed by atoms with Gasteiger partial charge < -0.3 is 20.5 Å². The predicted octanol–water partition coefficient (Wildman–Crippen LogP) is -0.667. The van der Waals surface area contributed by atoms with Gasteiger partial charge >= 0.3 is 0 Å². The minimum atomic E-state index is -0.969. The lowest BCUT2D eigenvalue weighted by atomic mass is 10.00. The van der Waals surface area contributed by atoms with Gasteiger partial charge in [0.15, 0.2) is 5.69 Å². The summed E-state index contributed by atoms with van der Waals surface area (Å²) in [5.74, 6) is 0.675. The molecule has 9 heteroatoms. The summed E-state index contributed by atoms with van der Waals surface area (Å²) in [6.45, 7) is 0. The number of hydrogen-bond donors (Lipinski definition) is 4. The average molecular weight is 297 g/mol. The van der Waals surface area contributed by atoms with E-state index >= 15 is 0 Å². The Hall–Kier alpha value is -1.29. The second-order valence-corrected chi connectivity index (χ2v) is 5.77. The minimum absolute atomic E-state index is 0.175. The number of rotatable bonds is 3. The molecule has 5 atom stereocenters. The van der Waals surface area contributed by atoms with Gasteiger partial charge in [0.05, 0.1) is 24.6 Å². The van der Waals surface area contributed by atoms with E-state index in [4.69, 9.17) is 0 Å². The maximum Gasteiger partial charge on any atom is 0.278 e. The molecule has 2 aliphatic rings. The van der Waals surface area contributed by atoms with Crippen LogP contribution >= 0.6 is 11.8 Å². The zero-order valence-electron chi connectivity index (χ0n) is 10.7. The topological polar surface area (TPSA) is 123 Å². The molecule has 0 saturated carbocycles. The summed E-state index contributed by atoms with van der Waals surface area (Å²) in [6, 6.07) is -1.27. The molecule has 2 aliphatic heterocycles. The van der Waals surface area contributed by atoms with Gasteiger partial charge in [-0.1, -0.05) is 0 Å². The molecule has 1 saturated heterocycles. The molecule has 1 aromatic heterocycles. The molecular formula is C11H15N5O3S. The number of aliphatic hydroxyl groups is 2. The second-order valence-electron chi connectivity index (χ2n) is 4.86. The van der Waals surface area contributed by atoms with Crippen LogP contribution in [0.4, 0.5) is 5.69 Å². The van der Waals surface area contributed by atoms with Gasteiger partial charge in [0.25, 0.3) is 5.56 Å². The quantitative estimate of drug-likeness (QED) is 0.587. The van der Waals surface area contributed by atoms with Crippen molar-refractivity contribution in [2.75, 3.05) is 12.0 Å². The van der Waals surface area contributed by atoms with Crippen molar-refractivity contribution in [3.8, 4) is 0 Å². The molecule has 0 aliphatic carbocycles. The number of nitrogens with zero attached hydrogens (tertiary/aromatic N) is 3. The van der Waals surface area contributed by atoms with Crippen molar-refractivity contribution in [3.63, 3.8) is 0 Å². The van der Waals surface area contributed by atoms with E-state index in [1.807, 2.05) is 6.26 Å². The summed E-state index contributed by atoms with van der Waals surface area (Å²) in [4.78, 5) is 18.1. The number of nitrogens with one attached hydrogen (secondary N) is 2. The van der Waals surface area contributed by atoms with Crippen LogP contribution in [0.25, 0.3) is 0 Å². The Labute approximate surface area is 118 Å². The monoisotopic (exact) mass is 297 g/mol. The fourth-order valence-corrected chi connectivity index (χ4v) is 3.29. The summed E-state index contributed by atoms with van der Waals surface area (Å²) < 4.78 is 0. The Bertz CT molecular complexity index is 592.